The Kier molecular flexibility index (Phi) is 3.44. The third-order valence-corrected chi connectivity index (χ3v) is 4.41. The van der Waals surface area contributed by atoms with Crippen LogP contribution in [0.3, 0.4) is 0 Å². The quantitative estimate of drug-likeness (QED) is 0.790. The number of nitrogens with two attached hydrogens (primary N) is 1. The molecule has 3 N–H and O–H groups in total. The lowest BCUT2D eigenvalue weighted by atomic mass is 9.90. The number of imidazole rings is 1. The van der Waals surface area contributed by atoms with Crippen molar-refractivity contribution >= 4 is 16.7 Å². The third kappa shape index (κ3) is 2.53. The first kappa shape index (κ1) is 14.4. The number of aliphatic hydroxyl groups is 1. The lowest BCUT2D eigenvalue weighted by Crippen LogP contribution is -2.31. The summed E-state index contributed by atoms with van der Waals surface area (Å²) in [6, 6.07) is 6.01. The minimum Gasteiger partial charge on any atom is -0.399 e. The predicted octanol–water partition coefficient (Wildman–Crippen LogP) is 3.39. The van der Waals surface area contributed by atoms with Gasteiger partial charge in [0.2, 0.25) is 0 Å². The number of fused-ring (bicyclic) bond motifs is 1. The van der Waals surface area contributed by atoms with Gasteiger partial charge in [-0.2, -0.15) is 0 Å². The first-order chi connectivity index (χ1) is 9.88. The molecule has 0 spiro atoms. The Labute approximate surface area is 126 Å². The van der Waals surface area contributed by atoms with Gasteiger partial charge in [0.05, 0.1) is 23.2 Å². The summed E-state index contributed by atoms with van der Waals surface area (Å²) in [4.78, 5) is 4.83. The Bertz CT molecular complexity index is 654. The molecule has 114 valence electrons. The maximum absolute atomic E-state index is 10.5. The number of anilines is 1. The number of benzene rings is 1. The van der Waals surface area contributed by atoms with Gasteiger partial charge >= 0.3 is 0 Å². The second kappa shape index (κ2) is 5.02. The SMILES string of the molecule is CC(C)(C)c1nc2cc(N)ccc2n1C1CCCCC1O. The molecule has 3 rings (SSSR count). The first-order valence-corrected chi connectivity index (χ1v) is 7.84. The molecule has 1 aromatic carbocycles. The summed E-state index contributed by atoms with van der Waals surface area (Å²) in [5, 5.41) is 10.5. The number of nitrogens with zero attached hydrogens (tertiary/aromatic N) is 2. The van der Waals surface area contributed by atoms with E-state index < -0.39 is 0 Å². The van der Waals surface area contributed by atoms with Gasteiger partial charge in [-0.3, -0.25) is 0 Å². The van der Waals surface area contributed by atoms with Gasteiger partial charge in [0.25, 0.3) is 0 Å². The summed E-state index contributed by atoms with van der Waals surface area (Å²) in [5.74, 6) is 1.04. The normalized spacial score (nSPS) is 23.6. The van der Waals surface area contributed by atoms with E-state index in [4.69, 9.17) is 10.7 Å². The van der Waals surface area contributed by atoms with Crippen LogP contribution in [0.25, 0.3) is 11.0 Å². The van der Waals surface area contributed by atoms with Crippen LogP contribution >= 0.6 is 0 Å². The maximum Gasteiger partial charge on any atom is 0.115 e. The van der Waals surface area contributed by atoms with E-state index in [-0.39, 0.29) is 17.6 Å². The molecule has 1 saturated carbocycles. The Hall–Kier alpha value is -1.55. The van der Waals surface area contributed by atoms with Crippen LogP contribution in [0.5, 0.6) is 0 Å². The summed E-state index contributed by atoms with van der Waals surface area (Å²) >= 11 is 0. The maximum atomic E-state index is 10.5. The summed E-state index contributed by atoms with van der Waals surface area (Å²) in [7, 11) is 0. The fourth-order valence-corrected chi connectivity index (χ4v) is 3.37. The monoisotopic (exact) mass is 287 g/mol. The fraction of sp³-hybridized carbons (Fsp3) is 0.588. The van der Waals surface area contributed by atoms with Crippen LogP contribution in [0.4, 0.5) is 5.69 Å². The number of aromatic nitrogens is 2. The van der Waals surface area contributed by atoms with Crippen LogP contribution in [0, 0.1) is 0 Å². The van der Waals surface area contributed by atoms with Gasteiger partial charge in [-0.15, -0.1) is 0 Å². The Morgan fingerprint density at radius 2 is 1.95 bits per heavy atom. The van der Waals surface area contributed by atoms with Gasteiger partial charge in [0.1, 0.15) is 5.82 Å². The third-order valence-electron chi connectivity index (χ3n) is 4.41. The van der Waals surface area contributed by atoms with Crippen molar-refractivity contribution in [3.8, 4) is 0 Å². The second-order valence-corrected chi connectivity index (χ2v) is 7.22. The number of rotatable bonds is 1. The minimum atomic E-state index is -0.283. The van der Waals surface area contributed by atoms with Crippen molar-refractivity contribution in [1.29, 1.82) is 0 Å². The molecule has 0 saturated heterocycles. The van der Waals surface area contributed by atoms with Gasteiger partial charge in [-0.25, -0.2) is 4.98 Å². The molecule has 2 aromatic rings. The Balaban J connectivity index is 2.22. The topological polar surface area (TPSA) is 64.1 Å². The largest absolute Gasteiger partial charge is 0.399 e. The highest BCUT2D eigenvalue weighted by atomic mass is 16.3. The van der Waals surface area contributed by atoms with Crippen molar-refractivity contribution in [2.45, 2.75) is 64.0 Å². The zero-order valence-electron chi connectivity index (χ0n) is 13.1. The highest BCUT2D eigenvalue weighted by molar-refractivity contribution is 5.80. The molecule has 4 nitrogen and oxygen atoms in total. The van der Waals surface area contributed by atoms with Gasteiger partial charge in [-0.05, 0) is 31.0 Å². The van der Waals surface area contributed by atoms with E-state index in [0.29, 0.717) is 0 Å². The van der Waals surface area contributed by atoms with E-state index in [0.717, 1.165) is 41.8 Å². The van der Waals surface area contributed by atoms with Crippen LogP contribution in [0.2, 0.25) is 0 Å². The van der Waals surface area contributed by atoms with Crippen LogP contribution in [0.15, 0.2) is 18.2 Å². The summed E-state index contributed by atoms with van der Waals surface area (Å²) in [6.07, 6.45) is 3.89. The lowest BCUT2D eigenvalue weighted by Gasteiger charge is -2.33. The van der Waals surface area contributed by atoms with Crippen LogP contribution in [0.1, 0.15) is 58.3 Å². The molecular formula is C17H25N3O. The summed E-state index contributed by atoms with van der Waals surface area (Å²) in [6.45, 7) is 6.51. The van der Waals surface area contributed by atoms with E-state index in [1.165, 1.54) is 6.42 Å². The van der Waals surface area contributed by atoms with E-state index in [1.54, 1.807) is 0 Å². The molecule has 1 aliphatic rings. The highest BCUT2D eigenvalue weighted by Gasteiger charge is 2.31. The molecule has 21 heavy (non-hydrogen) atoms. The average Bonchev–Trinajstić information content (AvgIpc) is 2.77. The van der Waals surface area contributed by atoms with Gasteiger partial charge in [0, 0.05) is 11.1 Å². The zero-order chi connectivity index (χ0) is 15.2. The molecule has 1 aliphatic carbocycles. The van der Waals surface area contributed by atoms with E-state index >= 15 is 0 Å². The summed E-state index contributed by atoms with van der Waals surface area (Å²) in [5.41, 5.74) is 8.58. The Morgan fingerprint density at radius 1 is 1.24 bits per heavy atom. The van der Waals surface area contributed by atoms with Gasteiger partial charge in [0.15, 0.2) is 0 Å². The minimum absolute atomic E-state index is 0.0645. The fourth-order valence-electron chi connectivity index (χ4n) is 3.37. The van der Waals surface area contributed by atoms with Gasteiger partial charge < -0.3 is 15.4 Å². The molecule has 0 radical (unpaired) electrons. The predicted molar refractivity (Wildman–Crippen MR) is 86.4 cm³/mol. The molecule has 2 atom stereocenters. The van der Waals surface area contributed by atoms with Crippen LogP contribution in [-0.2, 0) is 5.41 Å². The molecule has 1 aromatic heterocycles. The summed E-state index contributed by atoms with van der Waals surface area (Å²) < 4.78 is 2.26. The lowest BCUT2D eigenvalue weighted by molar-refractivity contribution is 0.0746. The van der Waals surface area contributed by atoms with Crippen molar-refractivity contribution in [3.63, 3.8) is 0 Å². The zero-order valence-corrected chi connectivity index (χ0v) is 13.1. The highest BCUT2D eigenvalue weighted by Crippen LogP contribution is 2.36. The van der Waals surface area contributed by atoms with Crippen molar-refractivity contribution in [3.05, 3.63) is 24.0 Å². The Morgan fingerprint density at radius 3 is 2.62 bits per heavy atom. The average molecular weight is 287 g/mol. The molecular weight excluding hydrogens is 262 g/mol. The van der Waals surface area contributed by atoms with E-state index in [1.807, 2.05) is 18.2 Å². The number of hydrogen-bond donors (Lipinski definition) is 2. The van der Waals surface area contributed by atoms with Crippen LogP contribution < -0.4 is 5.73 Å². The standard InChI is InChI=1S/C17H25N3O/c1-17(2,3)16-19-12-10-11(18)8-9-13(12)20(16)14-6-4-5-7-15(14)21/h8-10,14-15,21H,4-7,18H2,1-3H3. The number of hydrogen-bond acceptors (Lipinski definition) is 3. The van der Waals surface area contributed by atoms with Crippen molar-refractivity contribution in [2.75, 3.05) is 5.73 Å². The number of nitrogen functional groups attached to an aromatic ring is 1. The number of aliphatic hydroxyl groups excluding tert-OH is 1. The molecule has 1 heterocycles. The van der Waals surface area contributed by atoms with Crippen molar-refractivity contribution in [2.24, 2.45) is 0 Å². The molecule has 0 amide bonds. The van der Waals surface area contributed by atoms with Crippen molar-refractivity contribution in [1.82, 2.24) is 9.55 Å². The molecule has 4 heteroatoms. The van der Waals surface area contributed by atoms with E-state index in [9.17, 15) is 5.11 Å². The molecule has 0 aliphatic heterocycles. The van der Waals surface area contributed by atoms with E-state index in [2.05, 4.69) is 25.3 Å². The van der Waals surface area contributed by atoms with Crippen LogP contribution in [-0.4, -0.2) is 20.8 Å². The second-order valence-electron chi connectivity index (χ2n) is 7.22. The van der Waals surface area contributed by atoms with Crippen molar-refractivity contribution < 1.29 is 5.11 Å². The molecule has 1 fully saturated rings. The smallest absolute Gasteiger partial charge is 0.115 e. The van der Waals surface area contributed by atoms with Gasteiger partial charge in [-0.1, -0.05) is 33.6 Å². The molecule has 0 bridgehead atoms. The first-order valence-electron chi connectivity index (χ1n) is 7.84. The molecule has 2 unspecified atom stereocenters.